The van der Waals surface area contributed by atoms with Crippen molar-refractivity contribution in [3.8, 4) is 0 Å². The molecule has 1 aliphatic heterocycles. The Morgan fingerprint density at radius 1 is 1.33 bits per heavy atom. The maximum Gasteiger partial charge on any atom is 0.320 e. The van der Waals surface area contributed by atoms with Crippen molar-refractivity contribution < 1.29 is 9.90 Å². The summed E-state index contributed by atoms with van der Waals surface area (Å²) in [4.78, 5) is 11.1. The average Bonchev–Trinajstić information content (AvgIpc) is 2.99. The fraction of sp³-hybridized carbons (Fsp3) is 0.846. The zero-order chi connectivity index (χ0) is 14.7. The highest BCUT2D eigenvalue weighted by Gasteiger charge is 2.37. The molecule has 1 saturated heterocycles. The molecule has 2 fully saturated rings. The van der Waals surface area contributed by atoms with E-state index < -0.39 is 5.97 Å². The summed E-state index contributed by atoms with van der Waals surface area (Å²) in [6.45, 7) is 0.867. The van der Waals surface area contributed by atoms with E-state index in [1.54, 1.807) is 11.8 Å². The lowest BCUT2D eigenvalue weighted by molar-refractivity contribution is -0.141. The van der Waals surface area contributed by atoms with Gasteiger partial charge in [0.25, 0.3) is 0 Å². The minimum absolute atomic E-state index is 0.348. The summed E-state index contributed by atoms with van der Waals surface area (Å²) >= 11 is 1.63. The maximum absolute atomic E-state index is 11.1. The van der Waals surface area contributed by atoms with Crippen LogP contribution < -0.4 is 5.32 Å². The standard InChI is InChI=1S/C13H21N5O2S/c19-12(20)11-6-10-5-8(1-2-9(10)7-14-11)3-4-21-13-15-17-18-16-13/h8-11,14H,1-7H2,(H,19,20)(H,15,16,17,18)/t8?,9?,10?,11-/m0/s1. The van der Waals surface area contributed by atoms with Crippen LogP contribution in [0.15, 0.2) is 5.16 Å². The molecule has 0 amide bonds. The van der Waals surface area contributed by atoms with Gasteiger partial charge >= 0.3 is 5.97 Å². The molecule has 3 N–H and O–H groups in total. The second kappa shape index (κ2) is 6.74. The van der Waals surface area contributed by atoms with Crippen LogP contribution in [0.5, 0.6) is 0 Å². The molecule has 0 bridgehead atoms. The highest BCUT2D eigenvalue weighted by molar-refractivity contribution is 7.99. The van der Waals surface area contributed by atoms with Crippen LogP contribution in [0.1, 0.15) is 32.1 Å². The highest BCUT2D eigenvalue weighted by Crippen LogP contribution is 2.40. The van der Waals surface area contributed by atoms with E-state index in [1.165, 1.54) is 19.3 Å². The van der Waals surface area contributed by atoms with Crippen LogP contribution in [0.25, 0.3) is 0 Å². The molecule has 0 radical (unpaired) electrons. The van der Waals surface area contributed by atoms with E-state index in [0.29, 0.717) is 22.9 Å². The van der Waals surface area contributed by atoms with Crippen LogP contribution in [0, 0.1) is 17.8 Å². The Bertz CT molecular complexity index is 469. The molecule has 1 aliphatic carbocycles. The first-order chi connectivity index (χ1) is 10.2. The number of rotatable bonds is 5. The van der Waals surface area contributed by atoms with E-state index >= 15 is 0 Å². The van der Waals surface area contributed by atoms with Gasteiger partial charge in [0, 0.05) is 5.75 Å². The van der Waals surface area contributed by atoms with E-state index in [1.807, 2.05) is 0 Å². The average molecular weight is 311 g/mol. The lowest BCUT2D eigenvalue weighted by Gasteiger charge is -2.41. The Labute approximate surface area is 127 Å². The number of nitrogens with one attached hydrogen (secondary N) is 2. The summed E-state index contributed by atoms with van der Waals surface area (Å²) in [7, 11) is 0. The Morgan fingerprint density at radius 2 is 2.24 bits per heavy atom. The topological polar surface area (TPSA) is 104 Å². The molecule has 2 heterocycles. The second-order valence-corrected chi connectivity index (χ2v) is 7.13. The van der Waals surface area contributed by atoms with Crippen LogP contribution in [-0.4, -0.2) is 50.0 Å². The van der Waals surface area contributed by atoms with E-state index in [0.717, 1.165) is 25.1 Å². The van der Waals surface area contributed by atoms with Crippen molar-refractivity contribution in [2.75, 3.05) is 12.3 Å². The molecular formula is C13H21N5O2S. The Balaban J connectivity index is 1.45. The molecule has 3 unspecified atom stereocenters. The Kier molecular flexibility index (Phi) is 4.74. The van der Waals surface area contributed by atoms with Gasteiger partial charge in [-0.3, -0.25) is 4.79 Å². The van der Waals surface area contributed by atoms with Crippen molar-refractivity contribution in [1.29, 1.82) is 0 Å². The lowest BCUT2D eigenvalue weighted by atomic mass is 9.69. The van der Waals surface area contributed by atoms with Gasteiger partial charge < -0.3 is 10.4 Å². The van der Waals surface area contributed by atoms with Gasteiger partial charge in [-0.25, -0.2) is 0 Å². The number of hydrogen-bond acceptors (Lipinski definition) is 6. The van der Waals surface area contributed by atoms with Crippen molar-refractivity contribution in [2.24, 2.45) is 17.8 Å². The van der Waals surface area contributed by atoms with E-state index in [-0.39, 0.29) is 6.04 Å². The summed E-state index contributed by atoms with van der Waals surface area (Å²) in [5, 5.41) is 26.9. The fourth-order valence-electron chi connectivity index (χ4n) is 3.64. The van der Waals surface area contributed by atoms with Gasteiger partial charge in [-0.1, -0.05) is 18.2 Å². The summed E-state index contributed by atoms with van der Waals surface area (Å²) in [6.07, 6.45) is 5.58. The molecule has 1 saturated carbocycles. The first-order valence-electron chi connectivity index (χ1n) is 7.55. The molecule has 1 aromatic heterocycles. The van der Waals surface area contributed by atoms with Gasteiger partial charge in [-0.2, -0.15) is 5.21 Å². The number of aliphatic carboxylic acids is 1. The lowest BCUT2D eigenvalue weighted by Crippen LogP contribution is -2.49. The normalized spacial score (nSPS) is 32.6. The first kappa shape index (κ1) is 14.8. The number of piperidine rings is 1. The third-order valence-corrected chi connectivity index (χ3v) is 5.67. The van der Waals surface area contributed by atoms with E-state index in [4.69, 9.17) is 5.11 Å². The van der Waals surface area contributed by atoms with Crippen molar-refractivity contribution in [1.82, 2.24) is 25.9 Å². The van der Waals surface area contributed by atoms with Crippen LogP contribution >= 0.6 is 11.8 Å². The number of H-pyrrole nitrogens is 1. The molecule has 7 nitrogen and oxygen atoms in total. The van der Waals surface area contributed by atoms with Crippen LogP contribution in [0.2, 0.25) is 0 Å². The quantitative estimate of drug-likeness (QED) is 0.701. The van der Waals surface area contributed by atoms with Crippen molar-refractivity contribution in [2.45, 2.75) is 43.3 Å². The summed E-state index contributed by atoms with van der Waals surface area (Å²) in [5.41, 5.74) is 0. The number of carbonyl (C=O) groups is 1. The number of aromatic amines is 1. The predicted molar refractivity (Wildman–Crippen MR) is 77.9 cm³/mol. The largest absolute Gasteiger partial charge is 0.480 e. The number of hydrogen-bond donors (Lipinski definition) is 3. The highest BCUT2D eigenvalue weighted by atomic mass is 32.2. The number of carboxylic acid groups (broad SMARTS) is 1. The van der Waals surface area contributed by atoms with Gasteiger partial charge in [-0.15, -0.1) is 10.2 Å². The molecule has 3 rings (SSSR count). The van der Waals surface area contributed by atoms with Crippen LogP contribution in [0.3, 0.4) is 0 Å². The summed E-state index contributed by atoms with van der Waals surface area (Å²) in [6, 6.07) is -0.348. The smallest absolute Gasteiger partial charge is 0.320 e. The maximum atomic E-state index is 11.1. The van der Waals surface area contributed by atoms with Crippen molar-refractivity contribution in [3.05, 3.63) is 0 Å². The Morgan fingerprint density at radius 3 is 3.00 bits per heavy atom. The molecule has 2 aliphatic rings. The van der Waals surface area contributed by atoms with Gasteiger partial charge in [0.2, 0.25) is 5.16 Å². The number of aromatic nitrogens is 4. The van der Waals surface area contributed by atoms with Gasteiger partial charge in [0.1, 0.15) is 6.04 Å². The molecular weight excluding hydrogens is 290 g/mol. The molecule has 116 valence electrons. The van der Waals surface area contributed by atoms with Crippen molar-refractivity contribution in [3.63, 3.8) is 0 Å². The summed E-state index contributed by atoms with van der Waals surface area (Å²) < 4.78 is 0. The van der Waals surface area contributed by atoms with E-state index in [2.05, 4.69) is 25.9 Å². The van der Waals surface area contributed by atoms with Gasteiger partial charge in [0.05, 0.1) is 0 Å². The predicted octanol–water partition coefficient (Wildman–Crippen LogP) is 1.16. The number of nitrogens with zero attached hydrogens (tertiary/aromatic N) is 3. The van der Waals surface area contributed by atoms with Crippen LogP contribution in [-0.2, 0) is 4.79 Å². The number of thioether (sulfide) groups is 1. The van der Waals surface area contributed by atoms with Crippen molar-refractivity contribution >= 4 is 17.7 Å². The SMILES string of the molecule is O=C(O)[C@@H]1CC2CC(CCSc3nn[nH]n3)CCC2CN1. The van der Waals surface area contributed by atoms with Crippen LogP contribution in [0.4, 0.5) is 0 Å². The zero-order valence-electron chi connectivity index (χ0n) is 11.9. The van der Waals surface area contributed by atoms with Gasteiger partial charge in [-0.05, 0) is 55.2 Å². The Hall–Kier alpha value is -1.15. The zero-order valence-corrected chi connectivity index (χ0v) is 12.7. The fourth-order valence-corrected chi connectivity index (χ4v) is 4.48. The number of fused-ring (bicyclic) bond motifs is 1. The third kappa shape index (κ3) is 3.74. The number of carboxylic acids is 1. The molecule has 21 heavy (non-hydrogen) atoms. The minimum Gasteiger partial charge on any atom is -0.480 e. The molecule has 0 aromatic carbocycles. The van der Waals surface area contributed by atoms with Gasteiger partial charge in [0.15, 0.2) is 0 Å². The van der Waals surface area contributed by atoms with E-state index in [9.17, 15) is 4.79 Å². The number of tetrazole rings is 1. The first-order valence-corrected chi connectivity index (χ1v) is 8.53. The molecule has 1 aromatic rings. The minimum atomic E-state index is -0.705. The molecule has 8 heteroatoms. The molecule has 4 atom stereocenters. The molecule has 0 spiro atoms. The third-order valence-electron chi connectivity index (χ3n) is 4.79. The second-order valence-electron chi connectivity index (χ2n) is 6.07. The monoisotopic (exact) mass is 311 g/mol. The summed E-state index contributed by atoms with van der Waals surface area (Å²) in [5.74, 6) is 2.24.